The summed E-state index contributed by atoms with van der Waals surface area (Å²) in [4.78, 5) is 1.39. The first kappa shape index (κ1) is 27.0. The molecule has 0 spiro atoms. The highest BCUT2D eigenvalue weighted by Gasteiger charge is 2.17. The average Bonchev–Trinajstić information content (AvgIpc) is 3.37. The Morgan fingerprint density at radius 3 is 1.27 bits per heavy atom. The molecule has 59 heavy (non-hydrogen) atoms. The van der Waals surface area contributed by atoms with E-state index in [2.05, 4.69) is 30.3 Å². The summed E-state index contributed by atoms with van der Waals surface area (Å²) in [6.45, 7) is 0. The normalized spacial score (nSPS) is 13.3. The van der Waals surface area contributed by atoms with Crippen LogP contribution in [0, 0.1) is 0 Å². The van der Waals surface area contributed by atoms with Gasteiger partial charge in [-0.05, 0) is 142 Å². The Morgan fingerprint density at radius 1 is 0.254 bits per heavy atom. The number of fused-ring (bicyclic) bond motifs is 6. The van der Waals surface area contributed by atoms with Gasteiger partial charge in [-0.15, -0.1) is 0 Å². The molecule has 0 aromatic heterocycles. The summed E-state index contributed by atoms with van der Waals surface area (Å²) in [5, 5.41) is 7.74. The van der Waals surface area contributed by atoms with Crippen molar-refractivity contribution in [2.45, 2.75) is 0 Å². The third kappa shape index (κ3) is 6.30. The van der Waals surface area contributed by atoms with Crippen molar-refractivity contribution < 1.29 is 11.0 Å². The van der Waals surface area contributed by atoms with Gasteiger partial charge in [0.1, 0.15) is 0 Å². The molecule has 0 unspecified atom stereocenters. The van der Waals surface area contributed by atoms with Gasteiger partial charge in [0.25, 0.3) is 0 Å². The molecule has 0 aliphatic rings. The lowest BCUT2D eigenvalue weighted by Gasteiger charge is -2.27. The van der Waals surface area contributed by atoms with E-state index in [9.17, 15) is 11.0 Å². The molecule has 0 saturated carbocycles. The van der Waals surface area contributed by atoms with E-state index in [0.717, 1.165) is 65.3 Å². The third-order valence-corrected chi connectivity index (χ3v) is 11.1. The first-order valence-electron chi connectivity index (χ1n) is 23.7. The lowest BCUT2D eigenvalue weighted by atomic mass is 9.92. The Morgan fingerprint density at radius 2 is 0.678 bits per heavy atom. The highest BCUT2D eigenvalue weighted by Crippen LogP contribution is 2.42. The fraction of sp³-hybridized carbons (Fsp3) is 0. The maximum Gasteiger partial charge on any atom is 0.0645 e. The summed E-state index contributed by atoms with van der Waals surface area (Å²) in [6.07, 6.45) is 0. The molecule has 1 nitrogen and oxygen atoms in total. The molecule has 11 aromatic rings. The predicted octanol–water partition coefficient (Wildman–Crippen LogP) is 16.4. The number of benzene rings is 11. The van der Waals surface area contributed by atoms with Crippen molar-refractivity contribution in [2.75, 3.05) is 4.90 Å². The first-order valence-corrected chi connectivity index (χ1v) is 19.7. The van der Waals surface area contributed by atoms with E-state index in [-0.39, 0.29) is 46.7 Å². The zero-order chi connectivity index (χ0) is 46.1. The second-order valence-electron chi connectivity index (χ2n) is 14.7. The Hall–Kier alpha value is -7.74. The number of nitrogens with zero attached hydrogens (tertiary/aromatic N) is 1. The van der Waals surface area contributed by atoms with E-state index < -0.39 is 24.2 Å². The maximum absolute atomic E-state index is 9.82. The zero-order valence-corrected chi connectivity index (χ0v) is 31.8. The molecule has 1 heteroatoms. The number of rotatable bonds is 7. The first-order chi connectivity index (χ1) is 32.6. The van der Waals surface area contributed by atoms with Crippen LogP contribution in [0.15, 0.2) is 236 Å². The van der Waals surface area contributed by atoms with Crippen molar-refractivity contribution in [2.24, 2.45) is 0 Å². The lowest BCUT2D eigenvalue weighted by Crippen LogP contribution is -2.10. The van der Waals surface area contributed by atoms with E-state index in [1.807, 2.05) is 146 Å². The van der Waals surface area contributed by atoms with Gasteiger partial charge in [0.2, 0.25) is 0 Å². The molecular weight excluding hydrogens is 711 g/mol. The van der Waals surface area contributed by atoms with Gasteiger partial charge in [0.05, 0.1) is 11.0 Å². The van der Waals surface area contributed by atoms with Gasteiger partial charge in [-0.1, -0.05) is 182 Å². The molecule has 0 fully saturated rings. The molecule has 0 bridgehead atoms. The number of hydrogen-bond acceptors (Lipinski definition) is 1. The smallest absolute Gasteiger partial charge is 0.0645 e. The Bertz CT molecular complexity index is 3750. The average molecular weight is 758 g/mol. The number of hydrogen-bond donors (Lipinski definition) is 0. The van der Waals surface area contributed by atoms with Gasteiger partial charge in [0.15, 0.2) is 0 Å². The largest absolute Gasteiger partial charge is 0.310 e. The molecule has 0 radical (unpaired) electrons. The van der Waals surface area contributed by atoms with Crippen molar-refractivity contribution >= 4 is 60.2 Å². The number of anilines is 3. The quantitative estimate of drug-likeness (QED) is 0.146. The van der Waals surface area contributed by atoms with Crippen LogP contribution in [-0.2, 0) is 0 Å². The fourth-order valence-electron chi connectivity index (χ4n) is 8.34. The molecule has 276 valence electrons. The van der Waals surface area contributed by atoms with Crippen LogP contribution >= 0.6 is 0 Å². The van der Waals surface area contributed by atoms with Crippen LogP contribution in [0.4, 0.5) is 17.1 Å². The maximum atomic E-state index is 9.82. The summed E-state index contributed by atoms with van der Waals surface area (Å²) >= 11 is 0. The van der Waals surface area contributed by atoms with Crippen LogP contribution in [0.25, 0.3) is 87.6 Å². The van der Waals surface area contributed by atoms with Crippen molar-refractivity contribution in [3.8, 4) is 44.5 Å². The van der Waals surface area contributed by atoms with Gasteiger partial charge in [0, 0.05) is 17.1 Å². The second kappa shape index (κ2) is 14.6. The molecule has 0 heterocycles. The summed E-state index contributed by atoms with van der Waals surface area (Å²) < 4.78 is 77.6. The van der Waals surface area contributed by atoms with Crippen LogP contribution in [0.5, 0.6) is 0 Å². The Labute approximate surface area is 356 Å². The van der Waals surface area contributed by atoms with E-state index >= 15 is 0 Å². The van der Waals surface area contributed by atoms with Crippen LogP contribution in [-0.4, -0.2) is 0 Å². The monoisotopic (exact) mass is 757 g/mol. The van der Waals surface area contributed by atoms with E-state index in [1.54, 1.807) is 12.1 Å². The van der Waals surface area contributed by atoms with E-state index in [0.29, 0.717) is 16.8 Å². The highest BCUT2D eigenvalue weighted by molar-refractivity contribution is 6.15. The minimum atomic E-state index is -0.399. The van der Waals surface area contributed by atoms with Gasteiger partial charge in [-0.3, -0.25) is 0 Å². The van der Waals surface area contributed by atoms with Crippen LogP contribution in [0.2, 0.25) is 0 Å². The van der Waals surface area contributed by atoms with Crippen LogP contribution < -0.4 is 4.90 Å². The molecule has 11 rings (SSSR count). The highest BCUT2D eigenvalue weighted by atomic mass is 15.1. The Kier molecular flexibility index (Phi) is 6.70. The molecule has 0 atom stereocenters. The standard InChI is InChI=1S/C58H39N/c1-2-14-40(15-3-1)43-18-12-19-44(36-43)41-28-32-48(33-29-41)59(49-34-30-42(31-35-49)57-38-46-16-4-6-22-51(46)53-24-8-10-26-55(53)57)50-21-13-20-45(37-50)58-39-47-17-5-7-23-52(47)54-25-9-11-27-56(54)58/h1-39H/i28D,29D,30D,31D,32D,33D,34D,35D. The molecule has 0 saturated heterocycles. The topological polar surface area (TPSA) is 3.24 Å². The molecular formula is C58H39N. The van der Waals surface area contributed by atoms with Crippen molar-refractivity contribution in [1.29, 1.82) is 0 Å². The fourth-order valence-corrected chi connectivity index (χ4v) is 8.34. The Balaban J connectivity index is 1.17. The van der Waals surface area contributed by atoms with Crippen LogP contribution in [0.1, 0.15) is 11.0 Å². The van der Waals surface area contributed by atoms with Crippen molar-refractivity contribution in [1.82, 2.24) is 0 Å². The van der Waals surface area contributed by atoms with E-state index in [1.165, 1.54) is 4.90 Å². The second-order valence-corrected chi connectivity index (χ2v) is 14.7. The van der Waals surface area contributed by atoms with Gasteiger partial charge in [-0.25, -0.2) is 0 Å². The van der Waals surface area contributed by atoms with Crippen LogP contribution in [0.3, 0.4) is 0 Å². The van der Waals surface area contributed by atoms with Gasteiger partial charge in [-0.2, -0.15) is 0 Å². The molecule has 0 aliphatic heterocycles. The summed E-state index contributed by atoms with van der Waals surface area (Å²) in [7, 11) is 0. The van der Waals surface area contributed by atoms with Gasteiger partial charge >= 0.3 is 0 Å². The molecule has 0 N–H and O–H groups in total. The van der Waals surface area contributed by atoms with Crippen molar-refractivity contribution in [3.63, 3.8) is 0 Å². The summed E-state index contributed by atoms with van der Waals surface area (Å²) in [6, 6.07) is 57.6. The third-order valence-electron chi connectivity index (χ3n) is 11.1. The molecule has 0 amide bonds. The summed E-state index contributed by atoms with van der Waals surface area (Å²) in [5.74, 6) is 0. The van der Waals surface area contributed by atoms with Gasteiger partial charge < -0.3 is 4.90 Å². The predicted molar refractivity (Wildman–Crippen MR) is 253 cm³/mol. The van der Waals surface area contributed by atoms with E-state index in [4.69, 9.17) is 0 Å². The zero-order valence-electron chi connectivity index (χ0n) is 39.8. The van der Waals surface area contributed by atoms with Crippen molar-refractivity contribution in [3.05, 3.63) is 236 Å². The molecule has 11 aromatic carbocycles. The summed E-state index contributed by atoms with van der Waals surface area (Å²) in [5.41, 5.74) is 4.64. The lowest BCUT2D eigenvalue weighted by molar-refractivity contribution is 1.28. The minimum Gasteiger partial charge on any atom is -0.310 e. The minimum absolute atomic E-state index is 0.103. The molecule has 0 aliphatic carbocycles. The SMILES string of the molecule is [2H]c1c([2H])c(N(c2cccc(-c3cc4ccccc4c4ccccc34)c2)c2c([2H])c([2H])c(-c3cc4ccccc4c4ccccc34)c([2H])c2[2H])c([2H])c([2H])c1-c1cccc(-c2ccccc2)c1.